The van der Waals surface area contributed by atoms with Gasteiger partial charge in [-0.1, -0.05) is 13.8 Å². The second-order valence-corrected chi connectivity index (χ2v) is 5.15. The lowest BCUT2D eigenvalue weighted by Crippen LogP contribution is -2.30. The Kier molecular flexibility index (Phi) is 9.37. The van der Waals surface area contributed by atoms with E-state index in [-0.39, 0.29) is 18.3 Å². The lowest BCUT2D eigenvalue weighted by atomic mass is 9.98. The highest BCUT2D eigenvalue weighted by atomic mass is 16.6. The molecule has 0 saturated heterocycles. The molecule has 4 unspecified atom stereocenters. The number of ether oxygens (including phenoxy) is 2. The van der Waals surface area contributed by atoms with Crippen LogP contribution < -0.4 is 0 Å². The number of rotatable bonds is 10. The van der Waals surface area contributed by atoms with Crippen molar-refractivity contribution in [2.45, 2.75) is 65.5 Å². The molecule has 0 amide bonds. The molecule has 0 aliphatic carbocycles. The van der Waals surface area contributed by atoms with Crippen molar-refractivity contribution in [3.8, 4) is 0 Å². The molecule has 0 spiro atoms. The lowest BCUT2D eigenvalue weighted by molar-refractivity contribution is -0.160. The van der Waals surface area contributed by atoms with Crippen LogP contribution in [0.25, 0.3) is 0 Å². The maximum Gasteiger partial charge on any atom is 0.302 e. The van der Waals surface area contributed by atoms with Gasteiger partial charge in [0.15, 0.2) is 12.1 Å². The molecular weight excluding hydrogens is 264 g/mol. The maximum atomic E-state index is 11.0. The van der Waals surface area contributed by atoms with Crippen LogP contribution in [0.4, 0.5) is 0 Å². The van der Waals surface area contributed by atoms with Crippen molar-refractivity contribution in [3.05, 3.63) is 0 Å². The van der Waals surface area contributed by atoms with Gasteiger partial charge in [0.1, 0.15) is 12.7 Å². The molecule has 0 aliphatic heterocycles. The number of aliphatic hydroxyl groups is 2. The molecule has 2 N–H and O–H groups in total. The Labute approximate surface area is 120 Å². The molecule has 0 fully saturated rings. The Hall–Kier alpha value is -0.980. The summed E-state index contributed by atoms with van der Waals surface area (Å²) in [5.41, 5.74) is 0. The third kappa shape index (κ3) is 9.01. The first-order valence-electron chi connectivity index (χ1n) is 6.90. The Morgan fingerprint density at radius 3 is 2.20 bits per heavy atom. The van der Waals surface area contributed by atoms with Crippen LogP contribution in [0.15, 0.2) is 0 Å². The summed E-state index contributed by atoms with van der Waals surface area (Å²) in [6.45, 7) is 6.10. The van der Waals surface area contributed by atoms with E-state index in [4.69, 9.17) is 9.47 Å². The Morgan fingerprint density at radius 2 is 1.75 bits per heavy atom. The second-order valence-electron chi connectivity index (χ2n) is 5.15. The number of aliphatic hydroxyl groups excluding tert-OH is 2. The van der Waals surface area contributed by atoms with Gasteiger partial charge in [-0.2, -0.15) is 0 Å². The summed E-state index contributed by atoms with van der Waals surface area (Å²) in [6, 6.07) is 0. The van der Waals surface area contributed by atoms with Crippen LogP contribution >= 0.6 is 0 Å². The summed E-state index contributed by atoms with van der Waals surface area (Å²) in [7, 11) is 0. The first kappa shape index (κ1) is 19.0. The highest BCUT2D eigenvalue weighted by molar-refractivity contribution is 5.76. The molecular formula is C14H26O6. The maximum absolute atomic E-state index is 11.0. The summed E-state index contributed by atoms with van der Waals surface area (Å²) in [6.07, 6.45) is -0.893. The molecule has 118 valence electrons. The van der Waals surface area contributed by atoms with Crippen molar-refractivity contribution < 1.29 is 29.3 Å². The van der Waals surface area contributed by atoms with Gasteiger partial charge in [-0.3, -0.25) is 9.59 Å². The summed E-state index contributed by atoms with van der Waals surface area (Å²) in [5.74, 6) is -0.915. The van der Waals surface area contributed by atoms with E-state index in [0.717, 1.165) is 0 Å². The normalized spacial score (nSPS) is 17.1. The Morgan fingerprint density at radius 1 is 1.15 bits per heavy atom. The molecule has 20 heavy (non-hydrogen) atoms. The lowest BCUT2D eigenvalue weighted by Gasteiger charge is -2.25. The number of carbonyl (C=O) groups excluding carboxylic acids is 2. The van der Waals surface area contributed by atoms with E-state index in [0.29, 0.717) is 19.3 Å². The fourth-order valence-corrected chi connectivity index (χ4v) is 1.80. The predicted octanol–water partition coefficient (Wildman–Crippen LogP) is 1.03. The zero-order valence-corrected chi connectivity index (χ0v) is 12.7. The molecule has 0 aromatic heterocycles. The third-order valence-corrected chi connectivity index (χ3v) is 2.92. The van der Waals surface area contributed by atoms with Gasteiger partial charge in [-0.15, -0.1) is 0 Å². The molecule has 0 aromatic carbocycles. The number of hydrogen-bond donors (Lipinski definition) is 2. The molecule has 0 bridgehead atoms. The van der Waals surface area contributed by atoms with E-state index in [1.54, 1.807) is 6.92 Å². The van der Waals surface area contributed by atoms with Crippen LogP contribution in [0.3, 0.4) is 0 Å². The number of hydrogen-bond acceptors (Lipinski definition) is 6. The standard InChI is InChI=1S/C14H26O6/c1-5-12(17)7-13(20-11(4)16)6-9(2)14(18)19-8-10(3)15/h9,12-14,17-18H,5-8H2,1-4H3. The van der Waals surface area contributed by atoms with Gasteiger partial charge in [0.25, 0.3) is 0 Å². The fourth-order valence-electron chi connectivity index (χ4n) is 1.80. The number of carbonyl (C=O) groups is 2. The first-order chi connectivity index (χ1) is 9.26. The van der Waals surface area contributed by atoms with Crippen LogP contribution in [0.2, 0.25) is 0 Å². The molecule has 0 radical (unpaired) electrons. The minimum Gasteiger partial charge on any atom is -0.462 e. The Bertz CT molecular complexity index is 304. The first-order valence-corrected chi connectivity index (χ1v) is 6.90. The molecule has 4 atom stereocenters. The van der Waals surface area contributed by atoms with Gasteiger partial charge in [0.2, 0.25) is 0 Å². The van der Waals surface area contributed by atoms with Crippen LogP contribution in [0, 0.1) is 5.92 Å². The average molecular weight is 290 g/mol. The fraction of sp³-hybridized carbons (Fsp3) is 0.857. The van der Waals surface area contributed by atoms with Crippen LogP contribution in [0.5, 0.6) is 0 Å². The van der Waals surface area contributed by atoms with E-state index >= 15 is 0 Å². The number of esters is 1. The smallest absolute Gasteiger partial charge is 0.302 e. The molecule has 0 heterocycles. The topological polar surface area (TPSA) is 93.1 Å². The zero-order chi connectivity index (χ0) is 15.7. The van der Waals surface area contributed by atoms with E-state index in [1.165, 1.54) is 13.8 Å². The van der Waals surface area contributed by atoms with Crippen molar-refractivity contribution in [1.82, 2.24) is 0 Å². The quantitative estimate of drug-likeness (QED) is 0.461. The second kappa shape index (κ2) is 9.85. The monoisotopic (exact) mass is 290 g/mol. The van der Waals surface area contributed by atoms with Crippen molar-refractivity contribution in [2.75, 3.05) is 6.61 Å². The van der Waals surface area contributed by atoms with E-state index < -0.39 is 24.5 Å². The van der Waals surface area contributed by atoms with Crippen molar-refractivity contribution in [1.29, 1.82) is 0 Å². The highest BCUT2D eigenvalue weighted by Gasteiger charge is 2.24. The van der Waals surface area contributed by atoms with E-state index in [9.17, 15) is 19.8 Å². The van der Waals surface area contributed by atoms with Gasteiger partial charge >= 0.3 is 5.97 Å². The van der Waals surface area contributed by atoms with E-state index in [2.05, 4.69) is 0 Å². The molecule has 6 nitrogen and oxygen atoms in total. The summed E-state index contributed by atoms with van der Waals surface area (Å²) < 4.78 is 10.1. The summed E-state index contributed by atoms with van der Waals surface area (Å²) in [4.78, 5) is 21.8. The van der Waals surface area contributed by atoms with Crippen molar-refractivity contribution in [2.24, 2.45) is 5.92 Å². The van der Waals surface area contributed by atoms with Gasteiger partial charge in [-0.05, 0) is 19.8 Å². The zero-order valence-electron chi connectivity index (χ0n) is 12.7. The van der Waals surface area contributed by atoms with Crippen LogP contribution in [-0.2, 0) is 19.1 Å². The molecule has 0 aromatic rings. The van der Waals surface area contributed by atoms with E-state index in [1.807, 2.05) is 6.92 Å². The van der Waals surface area contributed by atoms with Gasteiger partial charge in [0.05, 0.1) is 6.10 Å². The summed E-state index contributed by atoms with van der Waals surface area (Å²) >= 11 is 0. The molecule has 6 heteroatoms. The molecule has 0 aliphatic rings. The average Bonchev–Trinajstić information content (AvgIpc) is 2.34. The van der Waals surface area contributed by atoms with Gasteiger partial charge in [0, 0.05) is 19.3 Å². The number of ketones is 1. The minimum atomic E-state index is -1.10. The van der Waals surface area contributed by atoms with Crippen LogP contribution in [-0.4, -0.2) is 47.1 Å². The summed E-state index contributed by atoms with van der Waals surface area (Å²) in [5, 5.41) is 19.4. The molecule has 0 rings (SSSR count). The van der Waals surface area contributed by atoms with Gasteiger partial charge < -0.3 is 19.7 Å². The Balaban J connectivity index is 4.38. The SMILES string of the molecule is CCC(O)CC(CC(C)C(O)OCC(C)=O)OC(C)=O. The highest BCUT2D eigenvalue weighted by Crippen LogP contribution is 2.19. The third-order valence-electron chi connectivity index (χ3n) is 2.92. The largest absolute Gasteiger partial charge is 0.462 e. The molecule has 0 saturated carbocycles. The van der Waals surface area contributed by atoms with Crippen molar-refractivity contribution in [3.63, 3.8) is 0 Å². The van der Waals surface area contributed by atoms with Crippen molar-refractivity contribution >= 4 is 11.8 Å². The predicted molar refractivity (Wildman–Crippen MR) is 72.9 cm³/mol. The van der Waals surface area contributed by atoms with Gasteiger partial charge in [-0.25, -0.2) is 0 Å². The minimum absolute atomic E-state index is 0.151. The van der Waals surface area contributed by atoms with Crippen LogP contribution in [0.1, 0.15) is 47.0 Å². The number of Topliss-reactive ketones (excluding diaryl/α,β-unsaturated/α-hetero) is 1.